The van der Waals surface area contributed by atoms with Crippen LogP contribution in [0.4, 0.5) is 23.2 Å². The lowest BCUT2D eigenvalue weighted by Gasteiger charge is -2.36. The van der Waals surface area contributed by atoms with Gasteiger partial charge in [0.25, 0.3) is 5.91 Å². The highest BCUT2D eigenvalue weighted by molar-refractivity contribution is 7.89. The molecule has 1 atom stereocenters. The van der Waals surface area contributed by atoms with Gasteiger partial charge in [0.2, 0.25) is 16.0 Å². The standard InChI is InChI=1S/C17H17F4N5O3S2/c1-3-16(8-31(28,29)26(2)15(22)25-16)10-6-9(4-5-11(10)18)23-13(27)12-7-30-14(24-12)17(19,20)21/h4-7H,3,8H2,1-2H3,(H2,22,25)(H,23,27)/t16-/m0/s1. The number of aromatic nitrogens is 1. The number of amides is 1. The van der Waals surface area contributed by atoms with Gasteiger partial charge in [0, 0.05) is 23.7 Å². The van der Waals surface area contributed by atoms with Crippen LogP contribution in [-0.4, -0.2) is 42.4 Å². The molecule has 8 nitrogen and oxygen atoms in total. The van der Waals surface area contributed by atoms with Gasteiger partial charge in [0.05, 0.1) is 5.75 Å². The predicted octanol–water partition coefficient (Wildman–Crippen LogP) is 2.75. The van der Waals surface area contributed by atoms with E-state index in [-0.39, 0.29) is 35.0 Å². The summed E-state index contributed by atoms with van der Waals surface area (Å²) in [7, 11) is -2.65. The van der Waals surface area contributed by atoms with Gasteiger partial charge in [-0.2, -0.15) is 13.2 Å². The van der Waals surface area contributed by atoms with Gasteiger partial charge in [-0.3, -0.25) is 4.79 Å². The van der Waals surface area contributed by atoms with Crippen LogP contribution in [0.3, 0.4) is 0 Å². The molecule has 1 aliphatic rings. The Morgan fingerprint density at radius 2 is 2.06 bits per heavy atom. The summed E-state index contributed by atoms with van der Waals surface area (Å²) in [5.74, 6) is -2.58. The van der Waals surface area contributed by atoms with Crippen LogP contribution in [0.25, 0.3) is 0 Å². The van der Waals surface area contributed by atoms with Crippen molar-refractivity contribution in [1.29, 1.82) is 0 Å². The molecule has 1 aromatic heterocycles. The molecule has 0 radical (unpaired) electrons. The van der Waals surface area contributed by atoms with E-state index in [1.807, 2.05) is 0 Å². The fourth-order valence-electron chi connectivity index (χ4n) is 3.04. The van der Waals surface area contributed by atoms with Crippen molar-refractivity contribution in [2.24, 2.45) is 10.7 Å². The number of rotatable bonds is 4. The zero-order chi connectivity index (χ0) is 23.2. The second-order valence-corrected chi connectivity index (χ2v) is 9.62. The van der Waals surface area contributed by atoms with Crippen LogP contribution in [-0.2, 0) is 21.7 Å². The second kappa shape index (κ2) is 7.75. The number of hydrogen-bond acceptors (Lipinski definition) is 7. The van der Waals surface area contributed by atoms with E-state index in [1.54, 1.807) is 6.92 Å². The number of aliphatic imine (C=N–C) groups is 1. The summed E-state index contributed by atoms with van der Waals surface area (Å²) in [6.07, 6.45) is -4.60. The van der Waals surface area contributed by atoms with Crippen molar-refractivity contribution < 1.29 is 30.8 Å². The van der Waals surface area contributed by atoms with Crippen molar-refractivity contribution in [2.45, 2.75) is 25.1 Å². The van der Waals surface area contributed by atoms with E-state index < -0.39 is 49.9 Å². The van der Waals surface area contributed by atoms with Gasteiger partial charge < -0.3 is 11.1 Å². The first kappa shape index (κ1) is 22.9. The molecule has 0 saturated heterocycles. The number of nitrogens with zero attached hydrogens (tertiary/aromatic N) is 3. The van der Waals surface area contributed by atoms with Gasteiger partial charge in [-0.05, 0) is 24.6 Å². The fraction of sp³-hybridized carbons (Fsp3) is 0.353. The number of thiazole rings is 1. The Kier molecular flexibility index (Phi) is 5.73. The third-order valence-electron chi connectivity index (χ3n) is 4.78. The Hall–Kier alpha value is -2.74. The van der Waals surface area contributed by atoms with Crippen molar-refractivity contribution in [3.63, 3.8) is 0 Å². The molecule has 0 fully saturated rings. The van der Waals surface area contributed by atoms with Crippen molar-refractivity contribution in [3.05, 3.63) is 45.7 Å². The Bertz CT molecular complexity index is 1160. The number of alkyl halides is 3. The molecule has 1 amide bonds. The summed E-state index contributed by atoms with van der Waals surface area (Å²) in [5.41, 5.74) is 3.64. The number of sulfonamides is 1. The molecule has 2 heterocycles. The Balaban J connectivity index is 1.97. The molecule has 3 rings (SSSR count). The highest BCUT2D eigenvalue weighted by Gasteiger charge is 2.44. The van der Waals surface area contributed by atoms with Crippen molar-refractivity contribution >= 4 is 38.9 Å². The molecule has 0 aliphatic carbocycles. The maximum absolute atomic E-state index is 14.7. The smallest absolute Gasteiger partial charge is 0.369 e. The first-order valence-corrected chi connectivity index (χ1v) is 11.2. The molecule has 2 aromatic rings. The lowest BCUT2D eigenvalue weighted by atomic mass is 9.88. The topological polar surface area (TPSA) is 118 Å². The molecule has 0 unspecified atom stereocenters. The zero-order valence-electron chi connectivity index (χ0n) is 16.2. The summed E-state index contributed by atoms with van der Waals surface area (Å²) >= 11 is 0.267. The van der Waals surface area contributed by atoms with Crippen LogP contribution in [0.2, 0.25) is 0 Å². The zero-order valence-corrected chi connectivity index (χ0v) is 17.8. The van der Waals surface area contributed by atoms with E-state index >= 15 is 0 Å². The van der Waals surface area contributed by atoms with E-state index in [2.05, 4.69) is 15.3 Å². The van der Waals surface area contributed by atoms with Crippen LogP contribution < -0.4 is 11.1 Å². The molecule has 31 heavy (non-hydrogen) atoms. The largest absolute Gasteiger partial charge is 0.443 e. The van der Waals surface area contributed by atoms with Gasteiger partial charge >= 0.3 is 6.18 Å². The molecular weight excluding hydrogens is 462 g/mol. The van der Waals surface area contributed by atoms with Gasteiger partial charge in [0.15, 0.2) is 5.01 Å². The van der Waals surface area contributed by atoms with Crippen LogP contribution >= 0.6 is 11.3 Å². The average Bonchev–Trinajstić information content (AvgIpc) is 3.18. The number of guanidine groups is 1. The summed E-state index contributed by atoms with van der Waals surface area (Å²) in [4.78, 5) is 19.8. The van der Waals surface area contributed by atoms with Crippen LogP contribution in [0.15, 0.2) is 28.6 Å². The van der Waals surface area contributed by atoms with Crippen LogP contribution in [0.5, 0.6) is 0 Å². The molecule has 0 bridgehead atoms. The van der Waals surface area contributed by atoms with E-state index in [9.17, 15) is 30.8 Å². The second-order valence-electron chi connectivity index (χ2n) is 6.76. The fourth-order valence-corrected chi connectivity index (χ4v) is 5.25. The molecule has 3 N–H and O–H groups in total. The van der Waals surface area contributed by atoms with Gasteiger partial charge in [-0.25, -0.2) is 27.1 Å². The average molecular weight is 479 g/mol. The summed E-state index contributed by atoms with van der Waals surface area (Å²) in [6, 6.07) is 3.38. The molecule has 0 saturated carbocycles. The molecule has 14 heteroatoms. The highest BCUT2D eigenvalue weighted by atomic mass is 32.2. The minimum atomic E-state index is -4.68. The van der Waals surface area contributed by atoms with E-state index in [1.165, 1.54) is 19.2 Å². The highest BCUT2D eigenvalue weighted by Crippen LogP contribution is 2.38. The Morgan fingerprint density at radius 1 is 1.39 bits per heavy atom. The third kappa shape index (κ3) is 4.35. The van der Waals surface area contributed by atoms with Crippen molar-refractivity contribution in [3.8, 4) is 0 Å². The van der Waals surface area contributed by atoms with E-state index in [0.29, 0.717) is 0 Å². The van der Waals surface area contributed by atoms with Crippen molar-refractivity contribution in [1.82, 2.24) is 9.29 Å². The minimum Gasteiger partial charge on any atom is -0.369 e. The number of benzene rings is 1. The van der Waals surface area contributed by atoms with Crippen LogP contribution in [0.1, 0.15) is 34.4 Å². The van der Waals surface area contributed by atoms with Gasteiger partial charge in [-0.1, -0.05) is 6.92 Å². The monoisotopic (exact) mass is 479 g/mol. The Morgan fingerprint density at radius 3 is 2.61 bits per heavy atom. The number of anilines is 1. The molecule has 1 aliphatic heterocycles. The minimum absolute atomic E-state index is 0.0286. The number of hydrogen-bond donors (Lipinski definition) is 2. The number of nitrogens with one attached hydrogen (secondary N) is 1. The Labute approximate surface area is 178 Å². The number of halogens is 4. The number of carbonyl (C=O) groups is 1. The first-order valence-electron chi connectivity index (χ1n) is 8.75. The summed E-state index contributed by atoms with van der Waals surface area (Å²) < 4.78 is 78.5. The third-order valence-corrected chi connectivity index (χ3v) is 7.53. The van der Waals surface area contributed by atoms with Crippen molar-refractivity contribution in [2.75, 3.05) is 18.1 Å². The number of carbonyl (C=O) groups excluding carboxylic acids is 1. The van der Waals surface area contributed by atoms with E-state index in [4.69, 9.17) is 5.73 Å². The van der Waals surface area contributed by atoms with E-state index in [0.717, 1.165) is 15.8 Å². The predicted molar refractivity (Wildman–Crippen MR) is 107 cm³/mol. The van der Waals surface area contributed by atoms with Crippen LogP contribution in [0, 0.1) is 5.82 Å². The summed E-state index contributed by atoms with van der Waals surface area (Å²) in [6.45, 7) is 1.61. The molecule has 1 aromatic carbocycles. The maximum Gasteiger partial charge on any atom is 0.443 e. The first-order chi connectivity index (χ1) is 14.3. The summed E-state index contributed by atoms with van der Waals surface area (Å²) in [5, 5.41) is 2.12. The molecule has 168 valence electrons. The van der Waals surface area contributed by atoms with Gasteiger partial charge in [0.1, 0.15) is 17.1 Å². The normalized spacial score (nSPS) is 21.0. The maximum atomic E-state index is 14.7. The van der Waals surface area contributed by atoms with Gasteiger partial charge in [-0.15, -0.1) is 11.3 Å². The lowest BCUT2D eigenvalue weighted by molar-refractivity contribution is -0.137. The molecular formula is C17H17F4N5O3S2. The SMILES string of the molecule is CC[C@@]1(c2cc(NC(=O)c3csc(C(F)(F)F)n3)ccc2F)CS(=O)(=O)N(C)C(N)=N1. The number of nitrogens with two attached hydrogens (primary N) is 1. The lowest BCUT2D eigenvalue weighted by Crippen LogP contribution is -2.51. The quantitative estimate of drug-likeness (QED) is 0.654. The molecule has 0 spiro atoms.